The third-order valence-corrected chi connectivity index (χ3v) is 23.4. The summed E-state index contributed by atoms with van der Waals surface area (Å²) in [4.78, 5) is 73.4. The minimum atomic E-state index is -4.97. The van der Waals surface area contributed by atoms with Gasteiger partial charge in [-0.1, -0.05) is 446 Å². The molecule has 2 unspecified atom stereocenters. The molecule has 0 aromatic carbocycles. The van der Waals surface area contributed by atoms with Gasteiger partial charge in [0.15, 0.2) is 12.2 Å². The van der Waals surface area contributed by atoms with Crippen LogP contribution in [0.5, 0.6) is 0 Å². The number of hydrogen-bond donors (Lipinski definition) is 3. The van der Waals surface area contributed by atoms with Gasteiger partial charge in [0.2, 0.25) is 0 Å². The van der Waals surface area contributed by atoms with Crippen molar-refractivity contribution in [3.63, 3.8) is 0 Å². The third kappa shape index (κ3) is 84.0. The fourth-order valence-electron chi connectivity index (χ4n) is 14.4. The minimum absolute atomic E-state index is 0.108. The van der Waals surface area contributed by atoms with E-state index in [4.69, 9.17) is 37.0 Å². The second-order valence-electron chi connectivity index (χ2n) is 33.2. The molecule has 0 aromatic heterocycles. The van der Waals surface area contributed by atoms with Gasteiger partial charge in [-0.15, -0.1) is 0 Å². The number of ether oxygens (including phenoxy) is 4. The molecule has 0 saturated carbocycles. The normalized spacial score (nSPS) is 13.7. The van der Waals surface area contributed by atoms with E-state index >= 15 is 0 Å². The van der Waals surface area contributed by atoms with E-state index in [9.17, 15) is 43.2 Å². The van der Waals surface area contributed by atoms with E-state index in [2.05, 4.69) is 34.6 Å². The maximum atomic E-state index is 13.2. The Morgan fingerprint density at radius 1 is 0.245 bits per heavy atom. The molecule has 0 fully saturated rings. The van der Waals surface area contributed by atoms with Crippen LogP contribution in [0.4, 0.5) is 0 Å². The molecule has 0 bridgehead atoms. The molecule has 0 aliphatic rings. The average Bonchev–Trinajstić information content (AvgIpc) is 0.900. The number of rotatable bonds is 91. The number of phosphoric ester groups is 2. The van der Waals surface area contributed by atoms with E-state index in [1.807, 2.05) is 0 Å². The van der Waals surface area contributed by atoms with Gasteiger partial charge in [-0.3, -0.25) is 37.3 Å². The number of carbonyl (C=O) groups is 4. The number of aliphatic hydroxyl groups is 1. The quantitative estimate of drug-likeness (QED) is 0.0222. The first kappa shape index (κ1) is 108. The summed E-state index contributed by atoms with van der Waals surface area (Å²) < 4.78 is 69.1. The summed E-state index contributed by atoms with van der Waals surface area (Å²) in [5.41, 5.74) is 0. The van der Waals surface area contributed by atoms with Crippen LogP contribution in [0.3, 0.4) is 0 Å². The minimum Gasteiger partial charge on any atom is -0.462 e. The van der Waals surface area contributed by atoms with Gasteiger partial charge < -0.3 is 33.8 Å². The first-order valence-electron chi connectivity index (χ1n) is 47.1. The van der Waals surface area contributed by atoms with Crippen molar-refractivity contribution in [1.82, 2.24) is 0 Å². The molecule has 0 saturated heterocycles. The van der Waals surface area contributed by atoms with Gasteiger partial charge in [0.05, 0.1) is 26.4 Å². The molecular formula is C91H178O17P2. The first-order valence-corrected chi connectivity index (χ1v) is 50.1. The fraction of sp³-hybridized carbons (Fsp3) is 0.956. The Kier molecular flexibility index (Phi) is 82.1. The monoisotopic (exact) mass is 1610 g/mol. The number of esters is 4. The standard InChI is InChI=1S/C91H178O17P2/c1-6-9-12-15-18-21-24-27-30-32-34-36-38-40-42-44-47-50-57-62-67-72-77-91(96)107-86(80-101-88(93)74-69-64-59-54-48-46-43-41-39-37-35-33-31-28-25-22-19-16-13-10-7-2)82-105-109(97,98)103-78-85(92)79-104-110(99,100)106-83-87(81-102-89(94)75-70-65-60-55-52-51-53-58-63-68-73-84(4)5)108-90(95)76-71-66-61-56-49-45-29-26-23-20-17-14-11-8-3/h84-87,92H,6-83H2,1-5H3,(H,97,98)(H,99,100)/t85-,86-,87-/m1/s1. The van der Waals surface area contributed by atoms with E-state index in [-0.39, 0.29) is 25.7 Å². The van der Waals surface area contributed by atoms with E-state index < -0.39 is 97.5 Å². The number of hydrogen-bond acceptors (Lipinski definition) is 15. The van der Waals surface area contributed by atoms with Gasteiger partial charge in [-0.05, 0) is 31.6 Å². The molecule has 17 nitrogen and oxygen atoms in total. The predicted octanol–water partition coefficient (Wildman–Crippen LogP) is 28.3. The summed E-state index contributed by atoms with van der Waals surface area (Å²) in [5.74, 6) is -1.34. The summed E-state index contributed by atoms with van der Waals surface area (Å²) in [6, 6.07) is 0. The van der Waals surface area contributed by atoms with Crippen molar-refractivity contribution in [1.29, 1.82) is 0 Å². The van der Waals surface area contributed by atoms with E-state index in [1.165, 1.54) is 321 Å². The highest BCUT2D eigenvalue weighted by Crippen LogP contribution is 2.45. The topological polar surface area (TPSA) is 237 Å². The van der Waals surface area contributed by atoms with Gasteiger partial charge in [0, 0.05) is 25.7 Å². The van der Waals surface area contributed by atoms with Crippen LogP contribution >= 0.6 is 15.6 Å². The van der Waals surface area contributed by atoms with Gasteiger partial charge >= 0.3 is 39.5 Å². The largest absolute Gasteiger partial charge is 0.472 e. The maximum absolute atomic E-state index is 13.2. The lowest BCUT2D eigenvalue weighted by molar-refractivity contribution is -0.161. The highest BCUT2D eigenvalue weighted by atomic mass is 31.2. The zero-order chi connectivity index (χ0) is 80.4. The molecule has 0 rings (SSSR count). The zero-order valence-corrected chi connectivity index (χ0v) is 74.2. The maximum Gasteiger partial charge on any atom is 0.472 e. The van der Waals surface area contributed by atoms with Crippen molar-refractivity contribution in [2.75, 3.05) is 39.6 Å². The predicted molar refractivity (Wildman–Crippen MR) is 455 cm³/mol. The number of carbonyl (C=O) groups excluding carboxylic acids is 4. The Bertz CT molecular complexity index is 2080. The molecule has 0 heterocycles. The Labute approximate surface area is 677 Å². The Balaban J connectivity index is 5.23. The van der Waals surface area contributed by atoms with Gasteiger partial charge in [0.1, 0.15) is 19.3 Å². The van der Waals surface area contributed by atoms with Crippen LogP contribution in [0.15, 0.2) is 0 Å². The van der Waals surface area contributed by atoms with Gasteiger partial charge in [0.25, 0.3) is 0 Å². The fourth-order valence-corrected chi connectivity index (χ4v) is 15.9. The van der Waals surface area contributed by atoms with Crippen molar-refractivity contribution in [3.8, 4) is 0 Å². The van der Waals surface area contributed by atoms with Gasteiger partial charge in [-0.25, -0.2) is 9.13 Å². The summed E-state index contributed by atoms with van der Waals surface area (Å²) in [7, 11) is -9.93. The molecule has 0 amide bonds. The Morgan fingerprint density at radius 2 is 0.418 bits per heavy atom. The lowest BCUT2D eigenvalue weighted by atomic mass is 10.0. The van der Waals surface area contributed by atoms with Crippen LogP contribution in [-0.4, -0.2) is 96.7 Å². The molecule has 5 atom stereocenters. The molecule has 0 aliphatic carbocycles. The number of aliphatic hydroxyl groups excluding tert-OH is 1. The molecule has 654 valence electrons. The lowest BCUT2D eigenvalue weighted by Gasteiger charge is -2.21. The van der Waals surface area contributed by atoms with E-state index in [1.54, 1.807) is 0 Å². The second-order valence-corrected chi connectivity index (χ2v) is 36.1. The average molecular weight is 1610 g/mol. The molecule has 19 heteroatoms. The van der Waals surface area contributed by atoms with Crippen molar-refractivity contribution < 1.29 is 80.2 Å². The van der Waals surface area contributed by atoms with Crippen molar-refractivity contribution in [2.45, 2.75) is 515 Å². The van der Waals surface area contributed by atoms with Crippen molar-refractivity contribution >= 4 is 39.5 Å². The molecule has 0 radical (unpaired) electrons. The first-order chi connectivity index (χ1) is 53.5. The Morgan fingerprint density at radius 3 is 0.618 bits per heavy atom. The molecule has 3 N–H and O–H groups in total. The number of phosphoric acid groups is 2. The van der Waals surface area contributed by atoms with Crippen LogP contribution in [0, 0.1) is 5.92 Å². The molecule has 0 aromatic rings. The smallest absolute Gasteiger partial charge is 0.462 e. The highest BCUT2D eigenvalue weighted by Gasteiger charge is 2.31. The summed E-state index contributed by atoms with van der Waals surface area (Å²) in [6.07, 6.45) is 79.3. The molecule has 0 spiro atoms. The van der Waals surface area contributed by atoms with Crippen molar-refractivity contribution in [3.05, 3.63) is 0 Å². The summed E-state index contributed by atoms with van der Waals surface area (Å²) in [5, 5.41) is 10.7. The molecule has 110 heavy (non-hydrogen) atoms. The van der Waals surface area contributed by atoms with Crippen LogP contribution in [-0.2, 0) is 65.4 Å². The van der Waals surface area contributed by atoms with Gasteiger partial charge in [-0.2, -0.15) is 0 Å². The summed E-state index contributed by atoms with van der Waals surface area (Å²) in [6.45, 7) is 7.39. The van der Waals surface area contributed by atoms with Crippen LogP contribution < -0.4 is 0 Å². The highest BCUT2D eigenvalue weighted by molar-refractivity contribution is 7.47. The lowest BCUT2D eigenvalue weighted by Crippen LogP contribution is -2.30. The van der Waals surface area contributed by atoms with Crippen LogP contribution in [0.25, 0.3) is 0 Å². The SMILES string of the molecule is CCCCCCCCCCCCCCCCCCCCCCCCC(=O)O[C@H](COC(=O)CCCCCCCCCCCCCCCCCCCCCCC)COP(=O)(O)OC[C@@H](O)COP(=O)(O)OC[C@@H](COC(=O)CCCCCCCCCCCCC(C)C)OC(=O)CCCCCCCCCCCCCCCC. The second kappa shape index (κ2) is 83.5. The summed E-state index contributed by atoms with van der Waals surface area (Å²) >= 11 is 0. The van der Waals surface area contributed by atoms with E-state index in [0.29, 0.717) is 25.7 Å². The number of unbranched alkanes of at least 4 members (excludes halogenated alkanes) is 63. The van der Waals surface area contributed by atoms with Crippen LogP contribution in [0.2, 0.25) is 0 Å². The van der Waals surface area contributed by atoms with Crippen molar-refractivity contribution in [2.24, 2.45) is 5.92 Å². The molecular weight excluding hydrogens is 1430 g/mol. The zero-order valence-electron chi connectivity index (χ0n) is 72.4. The van der Waals surface area contributed by atoms with Crippen LogP contribution in [0.1, 0.15) is 497 Å². The third-order valence-electron chi connectivity index (χ3n) is 21.5. The Hall–Kier alpha value is -1.94. The van der Waals surface area contributed by atoms with E-state index in [0.717, 1.165) is 95.8 Å². The molecule has 0 aliphatic heterocycles.